The largest absolute Gasteiger partial charge is 0.367 e. The highest BCUT2D eigenvalue weighted by Gasteiger charge is 2.19. The molecule has 2 heterocycles. The maximum atomic E-state index is 12.5. The molecule has 0 aliphatic carbocycles. The molecule has 0 bridgehead atoms. The number of anilines is 2. The number of pyridine rings is 1. The van der Waals surface area contributed by atoms with Gasteiger partial charge in [0.1, 0.15) is 0 Å². The molecular weight excluding hydrogens is 430 g/mol. The molecule has 0 unspecified atom stereocenters. The molecule has 8 heteroatoms. The normalized spacial score (nSPS) is 14.3. The number of rotatable bonds is 8. The fourth-order valence-electron chi connectivity index (χ4n) is 3.96. The Hall–Kier alpha value is -4.04. The minimum atomic E-state index is -0.446. The molecule has 3 aromatic rings. The number of piperazine rings is 1. The van der Waals surface area contributed by atoms with Gasteiger partial charge in [-0.2, -0.15) is 0 Å². The lowest BCUT2D eigenvalue weighted by atomic mass is 10.1. The highest BCUT2D eigenvalue weighted by Crippen LogP contribution is 2.27. The van der Waals surface area contributed by atoms with Gasteiger partial charge in [-0.15, -0.1) is 0 Å². The number of hydrogen-bond donors (Lipinski definition) is 1. The number of hydrogen-bond acceptors (Lipinski definition) is 6. The maximum absolute atomic E-state index is 12.5. The van der Waals surface area contributed by atoms with Gasteiger partial charge < -0.3 is 10.2 Å². The molecule has 1 aliphatic heterocycles. The van der Waals surface area contributed by atoms with Gasteiger partial charge in [0.05, 0.1) is 16.3 Å². The van der Waals surface area contributed by atoms with Gasteiger partial charge >= 0.3 is 0 Å². The Balaban J connectivity index is 1.32. The van der Waals surface area contributed by atoms with Crippen LogP contribution >= 0.6 is 0 Å². The standard InChI is InChI=1S/C26H27N5O3/c32-26(10-7-21-5-8-23(9-6-21)31(33)34)28-24-3-1-2-4-25(24)30-19-17-29(18-20-30)16-13-22-11-14-27-15-12-22/h1-12,14-15H,13,16-20H2,(H,28,32)/b10-7+. The van der Waals surface area contributed by atoms with Gasteiger partial charge in [-0.25, -0.2) is 0 Å². The van der Waals surface area contributed by atoms with Crippen molar-refractivity contribution < 1.29 is 9.72 Å². The van der Waals surface area contributed by atoms with Crippen LogP contribution in [0.25, 0.3) is 6.08 Å². The number of amides is 1. The van der Waals surface area contributed by atoms with Crippen molar-refractivity contribution in [1.29, 1.82) is 0 Å². The fourth-order valence-corrected chi connectivity index (χ4v) is 3.96. The fraction of sp³-hybridized carbons (Fsp3) is 0.231. The number of carbonyl (C=O) groups is 1. The van der Waals surface area contributed by atoms with Crippen LogP contribution in [-0.2, 0) is 11.2 Å². The van der Waals surface area contributed by atoms with E-state index in [4.69, 9.17) is 0 Å². The molecule has 8 nitrogen and oxygen atoms in total. The van der Waals surface area contributed by atoms with Gasteiger partial charge in [-0.05, 0) is 60.0 Å². The van der Waals surface area contributed by atoms with Crippen LogP contribution in [0.15, 0.2) is 79.1 Å². The second-order valence-corrected chi connectivity index (χ2v) is 8.12. The van der Waals surface area contributed by atoms with Crippen molar-refractivity contribution in [3.8, 4) is 0 Å². The number of benzene rings is 2. The van der Waals surface area contributed by atoms with Crippen molar-refractivity contribution in [3.05, 3.63) is 100 Å². The molecule has 174 valence electrons. The van der Waals surface area contributed by atoms with Gasteiger partial charge in [-0.3, -0.25) is 24.8 Å². The van der Waals surface area contributed by atoms with Crippen LogP contribution < -0.4 is 10.2 Å². The zero-order chi connectivity index (χ0) is 23.8. The number of carbonyl (C=O) groups excluding carboxylic acids is 1. The van der Waals surface area contributed by atoms with Crippen molar-refractivity contribution in [2.45, 2.75) is 6.42 Å². The first kappa shape index (κ1) is 23.1. The number of nitro benzene ring substituents is 1. The Morgan fingerprint density at radius 3 is 2.41 bits per heavy atom. The Kier molecular flexibility index (Phi) is 7.62. The van der Waals surface area contributed by atoms with E-state index in [9.17, 15) is 14.9 Å². The molecule has 1 N–H and O–H groups in total. The predicted molar refractivity (Wildman–Crippen MR) is 134 cm³/mol. The Morgan fingerprint density at radius 2 is 1.71 bits per heavy atom. The van der Waals surface area contributed by atoms with Gasteiger partial charge in [0.2, 0.25) is 5.91 Å². The first-order valence-electron chi connectivity index (χ1n) is 11.3. The van der Waals surface area contributed by atoms with Crippen molar-refractivity contribution in [2.24, 2.45) is 0 Å². The summed E-state index contributed by atoms with van der Waals surface area (Å²) in [5.74, 6) is -0.248. The van der Waals surface area contributed by atoms with Crippen LogP contribution in [-0.4, -0.2) is 53.4 Å². The molecule has 0 saturated carbocycles. The molecule has 0 radical (unpaired) electrons. The Bertz CT molecular complexity index is 1140. The van der Waals surface area contributed by atoms with Crippen LogP contribution in [0, 0.1) is 10.1 Å². The zero-order valence-electron chi connectivity index (χ0n) is 18.8. The topological polar surface area (TPSA) is 91.6 Å². The van der Waals surface area contributed by atoms with E-state index in [0.717, 1.165) is 56.1 Å². The first-order chi connectivity index (χ1) is 16.6. The van der Waals surface area contributed by atoms with E-state index in [1.807, 2.05) is 36.7 Å². The number of nitrogens with zero attached hydrogens (tertiary/aromatic N) is 4. The molecule has 0 atom stereocenters. The van der Waals surface area contributed by atoms with E-state index >= 15 is 0 Å². The van der Waals surface area contributed by atoms with Crippen molar-refractivity contribution >= 4 is 29.0 Å². The third-order valence-electron chi connectivity index (χ3n) is 5.87. The molecule has 1 fully saturated rings. The van der Waals surface area contributed by atoms with Crippen LogP contribution in [0.1, 0.15) is 11.1 Å². The summed E-state index contributed by atoms with van der Waals surface area (Å²) in [6.07, 6.45) is 7.76. The summed E-state index contributed by atoms with van der Waals surface area (Å²) in [6, 6.07) is 18.0. The summed E-state index contributed by atoms with van der Waals surface area (Å²) in [5.41, 5.74) is 3.82. The monoisotopic (exact) mass is 457 g/mol. The second-order valence-electron chi connectivity index (χ2n) is 8.12. The second kappa shape index (κ2) is 11.2. The van der Waals surface area contributed by atoms with Crippen LogP contribution in [0.5, 0.6) is 0 Å². The minimum Gasteiger partial charge on any atom is -0.367 e. The summed E-state index contributed by atoms with van der Waals surface area (Å²) >= 11 is 0. The van der Waals surface area contributed by atoms with Crippen LogP contribution in [0.3, 0.4) is 0 Å². The summed E-state index contributed by atoms with van der Waals surface area (Å²) in [5, 5.41) is 13.7. The van der Waals surface area contributed by atoms with E-state index in [2.05, 4.69) is 32.2 Å². The average molecular weight is 458 g/mol. The molecule has 2 aromatic carbocycles. The number of nitro groups is 1. The molecule has 1 aromatic heterocycles. The molecule has 34 heavy (non-hydrogen) atoms. The Labute approximate surface area is 198 Å². The van der Waals surface area contributed by atoms with Crippen molar-refractivity contribution in [3.63, 3.8) is 0 Å². The minimum absolute atomic E-state index is 0.0213. The predicted octanol–water partition coefficient (Wildman–Crippen LogP) is 4.01. The number of nitrogens with one attached hydrogen (secondary N) is 1. The third kappa shape index (κ3) is 6.26. The van der Waals surface area contributed by atoms with Gasteiger partial charge in [0, 0.05) is 63.3 Å². The van der Waals surface area contributed by atoms with Gasteiger partial charge in [0.15, 0.2) is 0 Å². The van der Waals surface area contributed by atoms with E-state index < -0.39 is 4.92 Å². The van der Waals surface area contributed by atoms with Gasteiger partial charge in [0.25, 0.3) is 5.69 Å². The average Bonchev–Trinajstić information content (AvgIpc) is 2.88. The van der Waals surface area contributed by atoms with Crippen LogP contribution in [0.2, 0.25) is 0 Å². The van der Waals surface area contributed by atoms with E-state index in [-0.39, 0.29) is 11.6 Å². The summed E-state index contributed by atoms with van der Waals surface area (Å²) in [4.78, 5) is 31.7. The number of aromatic nitrogens is 1. The molecular formula is C26H27N5O3. The molecule has 1 saturated heterocycles. The lowest BCUT2D eigenvalue weighted by Gasteiger charge is -2.37. The highest BCUT2D eigenvalue weighted by atomic mass is 16.6. The molecule has 1 amide bonds. The maximum Gasteiger partial charge on any atom is 0.269 e. The quantitative estimate of drug-likeness (QED) is 0.312. The van der Waals surface area contributed by atoms with Crippen molar-refractivity contribution in [1.82, 2.24) is 9.88 Å². The number of para-hydroxylation sites is 2. The lowest BCUT2D eigenvalue weighted by Crippen LogP contribution is -2.47. The Morgan fingerprint density at radius 1 is 1.00 bits per heavy atom. The zero-order valence-corrected chi connectivity index (χ0v) is 18.8. The first-order valence-corrected chi connectivity index (χ1v) is 11.3. The lowest BCUT2D eigenvalue weighted by molar-refractivity contribution is -0.384. The molecule has 1 aliphatic rings. The van der Waals surface area contributed by atoms with Crippen LogP contribution in [0.4, 0.5) is 17.1 Å². The summed E-state index contributed by atoms with van der Waals surface area (Å²) in [7, 11) is 0. The summed E-state index contributed by atoms with van der Waals surface area (Å²) < 4.78 is 0. The summed E-state index contributed by atoms with van der Waals surface area (Å²) in [6.45, 7) is 4.73. The van der Waals surface area contributed by atoms with E-state index in [1.54, 1.807) is 18.2 Å². The molecule has 0 spiro atoms. The van der Waals surface area contributed by atoms with E-state index in [0.29, 0.717) is 0 Å². The smallest absolute Gasteiger partial charge is 0.269 e. The van der Waals surface area contributed by atoms with Crippen molar-refractivity contribution in [2.75, 3.05) is 42.9 Å². The SMILES string of the molecule is O=C(/C=C/c1ccc([N+](=O)[O-])cc1)Nc1ccccc1N1CCN(CCc2ccncc2)CC1. The van der Waals surface area contributed by atoms with Gasteiger partial charge in [-0.1, -0.05) is 12.1 Å². The third-order valence-corrected chi connectivity index (χ3v) is 5.87. The van der Waals surface area contributed by atoms with E-state index in [1.165, 1.54) is 23.8 Å². The molecule has 4 rings (SSSR count). The highest BCUT2D eigenvalue weighted by molar-refractivity contribution is 6.03. The number of non-ortho nitro benzene ring substituents is 1.